The van der Waals surface area contributed by atoms with Gasteiger partial charge in [0.25, 0.3) is 0 Å². The van der Waals surface area contributed by atoms with E-state index in [4.69, 9.17) is 0 Å². The predicted molar refractivity (Wildman–Crippen MR) is 102 cm³/mol. The van der Waals surface area contributed by atoms with E-state index in [1.807, 2.05) is 67.6 Å². The summed E-state index contributed by atoms with van der Waals surface area (Å²) in [5, 5.41) is 6.24. The van der Waals surface area contributed by atoms with Gasteiger partial charge in [0.1, 0.15) is 0 Å². The van der Waals surface area contributed by atoms with Gasteiger partial charge in [0.2, 0.25) is 5.91 Å². The number of hydrazone groups is 1. The van der Waals surface area contributed by atoms with Crippen molar-refractivity contribution in [1.82, 2.24) is 5.43 Å². The largest absolute Gasteiger partial charge is 0.273 e. The zero-order chi connectivity index (χ0) is 16.9. The van der Waals surface area contributed by atoms with Crippen LogP contribution in [0.5, 0.6) is 0 Å². The summed E-state index contributed by atoms with van der Waals surface area (Å²) in [6.45, 7) is 2.01. The number of benzene rings is 3. The van der Waals surface area contributed by atoms with E-state index in [1.54, 1.807) is 6.21 Å². The van der Waals surface area contributed by atoms with Crippen molar-refractivity contribution in [1.29, 1.82) is 0 Å². The quantitative estimate of drug-likeness (QED) is 0.521. The van der Waals surface area contributed by atoms with E-state index in [2.05, 4.69) is 26.5 Å². The number of hydrogen-bond acceptors (Lipinski definition) is 2. The molecule has 0 aliphatic carbocycles. The average molecular weight is 381 g/mol. The van der Waals surface area contributed by atoms with Gasteiger partial charge in [-0.25, -0.2) is 5.43 Å². The van der Waals surface area contributed by atoms with Gasteiger partial charge in [-0.15, -0.1) is 0 Å². The van der Waals surface area contributed by atoms with Crippen LogP contribution >= 0.6 is 15.9 Å². The van der Waals surface area contributed by atoms with Gasteiger partial charge in [-0.3, -0.25) is 4.79 Å². The minimum absolute atomic E-state index is 0.132. The Kier molecular flexibility index (Phi) is 5.06. The van der Waals surface area contributed by atoms with Crippen LogP contribution in [0.2, 0.25) is 0 Å². The molecule has 0 aromatic heterocycles. The average Bonchev–Trinajstić information content (AvgIpc) is 2.59. The second-order valence-electron chi connectivity index (χ2n) is 5.58. The van der Waals surface area contributed by atoms with Crippen molar-refractivity contribution in [3.63, 3.8) is 0 Å². The third-order valence-electron chi connectivity index (χ3n) is 3.89. The van der Waals surface area contributed by atoms with E-state index in [1.165, 1.54) is 0 Å². The van der Waals surface area contributed by atoms with Gasteiger partial charge >= 0.3 is 0 Å². The Labute approximate surface area is 149 Å². The molecule has 1 N–H and O–H groups in total. The number of nitrogens with zero attached hydrogens (tertiary/aromatic N) is 1. The van der Waals surface area contributed by atoms with Crippen LogP contribution in [0.3, 0.4) is 0 Å². The van der Waals surface area contributed by atoms with Crippen molar-refractivity contribution in [3.8, 4) is 0 Å². The first-order valence-corrected chi connectivity index (χ1v) is 8.48. The smallest absolute Gasteiger partial charge is 0.244 e. The molecule has 3 aromatic carbocycles. The maximum Gasteiger partial charge on any atom is 0.244 e. The number of halogens is 1. The number of carbonyl (C=O) groups excluding carboxylic acids is 1. The van der Waals surface area contributed by atoms with E-state index in [-0.39, 0.29) is 5.91 Å². The van der Waals surface area contributed by atoms with Gasteiger partial charge in [0, 0.05) is 4.47 Å². The lowest BCUT2D eigenvalue weighted by atomic mass is 10.0. The Morgan fingerprint density at radius 1 is 1.04 bits per heavy atom. The molecule has 1 amide bonds. The molecule has 0 radical (unpaired) electrons. The first-order valence-electron chi connectivity index (χ1n) is 7.69. The highest BCUT2D eigenvalue weighted by atomic mass is 79.9. The first kappa shape index (κ1) is 16.4. The molecule has 24 heavy (non-hydrogen) atoms. The van der Waals surface area contributed by atoms with Gasteiger partial charge in [0.05, 0.1) is 12.6 Å². The predicted octanol–water partition coefficient (Wildman–Crippen LogP) is 4.60. The SMILES string of the molecule is Cc1ccccc1C=NNC(=O)Cc1ccc(Br)c2ccccc12. The Balaban J connectivity index is 1.72. The van der Waals surface area contributed by atoms with Crippen molar-refractivity contribution in [2.24, 2.45) is 5.10 Å². The molecular formula is C20H17BrN2O. The molecule has 120 valence electrons. The highest BCUT2D eigenvalue weighted by Gasteiger charge is 2.08. The Bertz CT molecular complexity index is 918. The molecule has 0 saturated carbocycles. The van der Waals surface area contributed by atoms with Crippen LogP contribution < -0.4 is 5.43 Å². The molecule has 3 aromatic rings. The molecule has 0 aliphatic heterocycles. The zero-order valence-corrected chi connectivity index (χ0v) is 14.9. The van der Waals surface area contributed by atoms with Crippen LogP contribution in [-0.4, -0.2) is 12.1 Å². The standard InChI is InChI=1S/C20H17BrN2O/c1-14-6-2-3-7-16(14)13-22-23-20(24)12-15-10-11-19(21)18-9-5-4-8-17(15)18/h2-11,13H,12H2,1H3,(H,23,24). The Morgan fingerprint density at radius 2 is 1.75 bits per heavy atom. The molecule has 4 heteroatoms. The van der Waals surface area contributed by atoms with E-state index in [0.717, 1.165) is 31.9 Å². The molecule has 0 spiro atoms. The second kappa shape index (κ2) is 7.41. The summed E-state index contributed by atoms with van der Waals surface area (Å²) in [6, 6.07) is 19.9. The third-order valence-corrected chi connectivity index (χ3v) is 4.59. The third kappa shape index (κ3) is 3.71. The molecule has 3 rings (SSSR count). The van der Waals surface area contributed by atoms with Crippen LogP contribution in [0.15, 0.2) is 70.2 Å². The van der Waals surface area contributed by atoms with Gasteiger partial charge in [0.15, 0.2) is 0 Å². The number of carbonyl (C=O) groups is 1. The lowest BCUT2D eigenvalue weighted by Crippen LogP contribution is -2.20. The van der Waals surface area contributed by atoms with Crippen LogP contribution in [-0.2, 0) is 11.2 Å². The molecule has 0 unspecified atom stereocenters. The van der Waals surface area contributed by atoms with Gasteiger partial charge in [-0.2, -0.15) is 5.10 Å². The van der Waals surface area contributed by atoms with Crippen LogP contribution in [0, 0.1) is 6.92 Å². The molecule has 0 bridgehead atoms. The van der Waals surface area contributed by atoms with Gasteiger partial charge in [-0.05, 0) is 40.5 Å². The molecular weight excluding hydrogens is 364 g/mol. The lowest BCUT2D eigenvalue weighted by molar-refractivity contribution is -0.120. The number of nitrogens with one attached hydrogen (secondary N) is 1. The fraction of sp³-hybridized carbons (Fsp3) is 0.100. The zero-order valence-electron chi connectivity index (χ0n) is 13.3. The summed E-state index contributed by atoms with van der Waals surface area (Å²) >= 11 is 3.55. The van der Waals surface area contributed by atoms with Crippen LogP contribution in [0.25, 0.3) is 10.8 Å². The fourth-order valence-electron chi connectivity index (χ4n) is 2.60. The van der Waals surface area contributed by atoms with E-state index in [9.17, 15) is 4.79 Å². The van der Waals surface area contributed by atoms with E-state index in [0.29, 0.717) is 6.42 Å². The molecule has 0 saturated heterocycles. The molecule has 0 atom stereocenters. The van der Waals surface area contributed by atoms with Crippen molar-refractivity contribution >= 4 is 38.8 Å². The van der Waals surface area contributed by atoms with Crippen molar-refractivity contribution in [3.05, 3.63) is 81.8 Å². The summed E-state index contributed by atoms with van der Waals surface area (Å²) in [5.41, 5.74) is 5.70. The minimum Gasteiger partial charge on any atom is -0.273 e. The summed E-state index contributed by atoms with van der Waals surface area (Å²) in [6.07, 6.45) is 1.96. The summed E-state index contributed by atoms with van der Waals surface area (Å²) in [7, 11) is 0. The number of aryl methyl sites for hydroxylation is 1. The molecule has 0 heterocycles. The molecule has 0 fully saturated rings. The summed E-state index contributed by atoms with van der Waals surface area (Å²) in [4.78, 5) is 12.2. The fourth-order valence-corrected chi connectivity index (χ4v) is 3.07. The van der Waals surface area contributed by atoms with Crippen molar-refractivity contribution in [2.45, 2.75) is 13.3 Å². The van der Waals surface area contributed by atoms with Crippen LogP contribution in [0.1, 0.15) is 16.7 Å². The molecule has 3 nitrogen and oxygen atoms in total. The number of fused-ring (bicyclic) bond motifs is 1. The van der Waals surface area contributed by atoms with E-state index >= 15 is 0 Å². The van der Waals surface area contributed by atoms with Crippen LogP contribution in [0.4, 0.5) is 0 Å². The number of amides is 1. The minimum atomic E-state index is -0.132. The molecule has 0 aliphatic rings. The van der Waals surface area contributed by atoms with Crippen molar-refractivity contribution < 1.29 is 4.79 Å². The topological polar surface area (TPSA) is 41.5 Å². The monoisotopic (exact) mass is 380 g/mol. The maximum absolute atomic E-state index is 12.2. The maximum atomic E-state index is 12.2. The number of rotatable bonds is 4. The van der Waals surface area contributed by atoms with Crippen molar-refractivity contribution in [2.75, 3.05) is 0 Å². The normalized spacial score (nSPS) is 11.1. The Morgan fingerprint density at radius 3 is 2.54 bits per heavy atom. The highest BCUT2D eigenvalue weighted by molar-refractivity contribution is 9.10. The van der Waals surface area contributed by atoms with E-state index < -0.39 is 0 Å². The van der Waals surface area contributed by atoms with Gasteiger partial charge in [-0.1, -0.05) is 70.5 Å². The first-order chi connectivity index (χ1) is 11.6. The lowest BCUT2D eigenvalue weighted by Gasteiger charge is -2.07. The second-order valence-corrected chi connectivity index (χ2v) is 6.43. The summed E-state index contributed by atoms with van der Waals surface area (Å²) in [5.74, 6) is -0.132. The summed E-state index contributed by atoms with van der Waals surface area (Å²) < 4.78 is 1.03. The number of hydrogen-bond donors (Lipinski definition) is 1. The highest BCUT2D eigenvalue weighted by Crippen LogP contribution is 2.27. The van der Waals surface area contributed by atoms with Gasteiger partial charge < -0.3 is 0 Å². The Hall–Kier alpha value is -2.46.